The van der Waals surface area contributed by atoms with Crippen LogP contribution >= 0.6 is 11.3 Å². The monoisotopic (exact) mass is 342 g/mol. The summed E-state index contributed by atoms with van der Waals surface area (Å²) in [6, 6.07) is 14.1. The lowest BCUT2D eigenvalue weighted by Gasteiger charge is -2.49. The summed E-state index contributed by atoms with van der Waals surface area (Å²) in [5, 5.41) is 4.01. The lowest BCUT2D eigenvalue weighted by Crippen LogP contribution is -2.62. The summed E-state index contributed by atoms with van der Waals surface area (Å²) >= 11 is 1.40. The summed E-state index contributed by atoms with van der Waals surface area (Å²) in [5.74, 6) is 1.43. The summed E-state index contributed by atoms with van der Waals surface area (Å²) in [7, 11) is 0. The minimum absolute atomic E-state index is 0.0218. The maximum atomic E-state index is 12.6. The number of fused-ring (bicyclic) bond motifs is 3. The third-order valence-electron chi connectivity index (χ3n) is 5.24. The fourth-order valence-corrected chi connectivity index (χ4v) is 4.65. The summed E-state index contributed by atoms with van der Waals surface area (Å²) in [6.45, 7) is 4.58. The van der Waals surface area contributed by atoms with E-state index >= 15 is 0 Å². The van der Waals surface area contributed by atoms with Crippen LogP contribution < -0.4 is 10.1 Å². The molecule has 24 heavy (non-hydrogen) atoms. The molecule has 4 nitrogen and oxygen atoms in total. The number of nitrogens with zero attached hydrogens (tertiary/aromatic N) is 1. The minimum Gasteiger partial charge on any atom is -0.447 e. The smallest absolute Gasteiger partial charge is 0.261 e. The van der Waals surface area contributed by atoms with Crippen molar-refractivity contribution in [2.24, 2.45) is 5.92 Å². The maximum Gasteiger partial charge on any atom is 0.261 e. The summed E-state index contributed by atoms with van der Waals surface area (Å²) in [5.41, 5.74) is 0. The number of carbonyl (C=O) groups is 1. The Balaban J connectivity index is 1.42. The summed E-state index contributed by atoms with van der Waals surface area (Å²) < 4.78 is 5.80. The highest BCUT2D eigenvalue weighted by molar-refractivity contribution is 7.15. The van der Waals surface area contributed by atoms with Gasteiger partial charge in [0.1, 0.15) is 5.75 Å². The van der Waals surface area contributed by atoms with E-state index in [0.717, 1.165) is 10.8 Å². The molecule has 0 radical (unpaired) electrons. The van der Waals surface area contributed by atoms with Gasteiger partial charge < -0.3 is 10.1 Å². The van der Waals surface area contributed by atoms with Crippen molar-refractivity contribution < 1.29 is 9.53 Å². The highest BCUT2D eigenvalue weighted by Crippen LogP contribution is 2.33. The molecule has 2 unspecified atom stereocenters. The van der Waals surface area contributed by atoms with E-state index in [0.29, 0.717) is 16.8 Å². The van der Waals surface area contributed by atoms with Gasteiger partial charge in [0.05, 0.1) is 4.88 Å². The predicted octanol–water partition coefficient (Wildman–Crippen LogP) is 3.75. The van der Waals surface area contributed by atoms with Crippen LogP contribution in [-0.2, 0) is 0 Å². The second-order valence-corrected chi connectivity index (χ2v) is 7.69. The number of para-hydroxylation sites is 1. The van der Waals surface area contributed by atoms with Crippen LogP contribution in [0.5, 0.6) is 10.8 Å². The van der Waals surface area contributed by atoms with Crippen molar-refractivity contribution in [3.8, 4) is 10.8 Å². The Bertz CT molecular complexity index is 705. The van der Waals surface area contributed by atoms with Crippen LogP contribution in [0.1, 0.15) is 29.4 Å². The van der Waals surface area contributed by atoms with Gasteiger partial charge in [0.2, 0.25) is 0 Å². The van der Waals surface area contributed by atoms with Crippen molar-refractivity contribution in [3.63, 3.8) is 0 Å². The van der Waals surface area contributed by atoms with Crippen molar-refractivity contribution in [2.75, 3.05) is 13.1 Å². The fourth-order valence-electron chi connectivity index (χ4n) is 3.87. The molecule has 126 valence electrons. The molecule has 3 aliphatic heterocycles. The number of benzene rings is 1. The van der Waals surface area contributed by atoms with Gasteiger partial charge in [0.15, 0.2) is 5.06 Å². The largest absolute Gasteiger partial charge is 0.447 e. The van der Waals surface area contributed by atoms with Gasteiger partial charge in [0, 0.05) is 12.1 Å². The zero-order chi connectivity index (χ0) is 16.5. The average molecular weight is 342 g/mol. The quantitative estimate of drug-likeness (QED) is 0.920. The van der Waals surface area contributed by atoms with Gasteiger partial charge in [-0.15, -0.1) is 0 Å². The van der Waals surface area contributed by atoms with Gasteiger partial charge in [-0.25, -0.2) is 0 Å². The lowest BCUT2D eigenvalue weighted by molar-refractivity contribution is 0.0218. The molecule has 3 aliphatic rings. The van der Waals surface area contributed by atoms with Crippen LogP contribution in [0, 0.1) is 5.92 Å². The van der Waals surface area contributed by atoms with Gasteiger partial charge in [-0.2, -0.15) is 0 Å². The second kappa shape index (κ2) is 6.57. The molecule has 2 aromatic rings. The van der Waals surface area contributed by atoms with E-state index in [1.165, 1.54) is 37.3 Å². The third kappa shape index (κ3) is 3.06. The molecule has 3 saturated heterocycles. The Hall–Kier alpha value is -1.85. The lowest BCUT2D eigenvalue weighted by atomic mass is 9.79. The van der Waals surface area contributed by atoms with Gasteiger partial charge >= 0.3 is 0 Å². The third-order valence-corrected chi connectivity index (χ3v) is 6.20. The number of ether oxygens (including phenoxy) is 1. The molecule has 0 saturated carbocycles. The number of rotatable bonds is 4. The van der Waals surface area contributed by atoms with E-state index < -0.39 is 0 Å². The molecule has 5 heteroatoms. The molecule has 0 spiro atoms. The Labute approximate surface area is 146 Å². The highest BCUT2D eigenvalue weighted by Gasteiger charge is 2.40. The van der Waals surface area contributed by atoms with E-state index in [1.54, 1.807) is 0 Å². The van der Waals surface area contributed by atoms with E-state index in [-0.39, 0.29) is 11.9 Å². The molecule has 3 fully saturated rings. The van der Waals surface area contributed by atoms with Gasteiger partial charge in [-0.3, -0.25) is 9.69 Å². The molecular weight excluding hydrogens is 320 g/mol. The topological polar surface area (TPSA) is 41.6 Å². The number of hydrogen-bond acceptors (Lipinski definition) is 4. The van der Waals surface area contributed by atoms with Crippen LogP contribution in [-0.4, -0.2) is 36.0 Å². The van der Waals surface area contributed by atoms with Gasteiger partial charge in [-0.1, -0.05) is 29.5 Å². The second-order valence-electron chi connectivity index (χ2n) is 6.65. The van der Waals surface area contributed by atoms with Crippen LogP contribution in [0.4, 0.5) is 0 Å². The first-order chi connectivity index (χ1) is 11.7. The minimum atomic E-state index is 0.0218. The van der Waals surface area contributed by atoms with Crippen molar-refractivity contribution in [1.82, 2.24) is 10.2 Å². The zero-order valence-electron chi connectivity index (χ0n) is 13.8. The molecule has 5 rings (SSSR count). The standard InChI is InChI=1S/C19H22N2O2S/c1-13-18(14-9-11-21(13)12-10-14)20-19(22)16-7-8-17(24-16)23-15-5-3-2-4-6-15/h2-8,13-14,18H,9-12H2,1H3,(H,20,22). The predicted molar refractivity (Wildman–Crippen MR) is 95.8 cm³/mol. The number of amides is 1. The van der Waals surface area contributed by atoms with Crippen molar-refractivity contribution in [2.45, 2.75) is 31.8 Å². The van der Waals surface area contributed by atoms with Crippen LogP contribution in [0.2, 0.25) is 0 Å². The number of piperidine rings is 3. The molecule has 1 N–H and O–H groups in total. The maximum absolute atomic E-state index is 12.6. The van der Waals surface area contributed by atoms with Gasteiger partial charge in [-0.05, 0) is 63.0 Å². The van der Waals surface area contributed by atoms with Crippen molar-refractivity contribution >= 4 is 17.2 Å². The van der Waals surface area contributed by atoms with Crippen LogP contribution in [0.3, 0.4) is 0 Å². The van der Waals surface area contributed by atoms with E-state index in [1.807, 2.05) is 42.5 Å². The first-order valence-electron chi connectivity index (χ1n) is 8.58. The van der Waals surface area contributed by atoms with E-state index in [2.05, 4.69) is 17.1 Å². The number of carbonyl (C=O) groups excluding carboxylic acids is 1. The van der Waals surface area contributed by atoms with E-state index in [9.17, 15) is 4.79 Å². The Kier molecular flexibility index (Phi) is 4.29. The fraction of sp³-hybridized carbons (Fsp3) is 0.421. The summed E-state index contributed by atoms with van der Waals surface area (Å²) in [6.07, 6.45) is 2.39. The molecule has 2 bridgehead atoms. The Morgan fingerprint density at radius 2 is 1.92 bits per heavy atom. The average Bonchev–Trinajstić information content (AvgIpc) is 3.08. The van der Waals surface area contributed by atoms with Gasteiger partial charge in [0.25, 0.3) is 5.91 Å². The molecule has 2 atom stereocenters. The normalized spacial score (nSPS) is 28.5. The van der Waals surface area contributed by atoms with E-state index in [4.69, 9.17) is 4.74 Å². The van der Waals surface area contributed by atoms with Crippen LogP contribution in [0.25, 0.3) is 0 Å². The SMILES string of the molecule is CC1C(NC(=O)c2ccc(Oc3ccccc3)s2)C2CCN1CC2. The zero-order valence-corrected chi connectivity index (χ0v) is 14.6. The molecule has 1 aromatic heterocycles. The van der Waals surface area contributed by atoms with Crippen molar-refractivity contribution in [1.29, 1.82) is 0 Å². The number of nitrogens with one attached hydrogen (secondary N) is 1. The number of thiophene rings is 1. The molecule has 0 aliphatic carbocycles. The van der Waals surface area contributed by atoms with Crippen molar-refractivity contribution in [3.05, 3.63) is 47.3 Å². The molecule has 1 aromatic carbocycles. The Morgan fingerprint density at radius 1 is 1.17 bits per heavy atom. The molecule has 4 heterocycles. The van der Waals surface area contributed by atoms with Crippen LogP contribution in [0.15, 0.2) is 42.5 Å². The first-order valence-corrected chi connectivity index (χ1v) is 9.40. The molecular formula is C19H22N2O2S. The highest BCUT2D eigenvalue weighted by atomic mass is 32.1. The summed E-state index contributed by atoms with van der Waals surface area (Å²) in [4.78, 5) is 15.8. The Morgan fingerprint density at radius 3 is 2.62 bits per heavy atom. The molecule has 1 amide bonds. The first kappa shape index (κ1) is 15.7. The number of hydrogen-bond donors (Lipinski definition) is 1.